The molecule has 3 aromatic rings. The largest absolute Gasteiger partial charge is 0.494 e. The number of hydrazone groups is 1. The van der Waals surface area contributed by atoms with E-state index in [9.17, 15) is 9.59 Å². The van der Waals surface area contributed by atoms with Crippen molar-refractivity contribution in [3.05, 3.63) is 88.9 Å². The second-order valence-electron chi connectivity index (χ2n) is 6.57. The van der Waals surface area contributed by atoms with Crippen molar-refractivity contribution in [1.82, 2.24) is 5.43 Å². The Morgan fingerprint density at radius 3 is 2.34 bits per heavy atom. The molecule has 0 saturated heterocycles. The fourth-order valence-electron chi connectivity index (χ4n) is 2.66. The molecule has 0 spiro atoms. The Morgan fingerprint density at radius 2 is 1.66 bits per heavy atom. The van der Waals surface area contributed by atoms with Gasteiger partial charge in [0.05, 0.1) is 12.8 Å². The lowest BCUT2D eigenvalue weighted by Crippen LogP contribution is -2.20. The van der Waals surface area contributed by atoms with Crippen LogP contribution in [-0.4, -0.2) is 31.2 Å². The molecule has 0 saturated carbocycles. The molecule has 32 heavy (non-hydrogen) atoms. The topological polar surface area (TPSA) is 89.0 Å². The van der Waals surface area contributed by atoms with Crippen LogP contribution < -0.4 is 20.2 Å². The third-order valence-corrected chi connectivity index (χ3v) is 4.40. The smallest absolute Gasteiger partial charge is 0.271 e. The molecule has 0 atom stereocenters. The molecule has 0 aliphatic heterocycles. The van der Waals surface area contributed by atoms with Gasteiger partial charge in [-0.2, -0.15) is 5.10 Å². The maximum Gasteiger partial charge on any atom is 0.271 e. The lowest BCUT2D eigenvalue weighted by Gasteiger charge is -2.09. The number of ether oxygens (including phenoxy) is 2. The molecule has 0 unspecified atom stereocenters. The van der Waals surface area contributed by atoms with Gasteiger partial charge >= 0.3 is 0 Å². The highest BCUT2D eigenvalue weighted by molar-refractivity contribution is 6.30. The monoisotopic (exact) mass is 451 g/mol. The van der Waals surface area contributed by atoms with E-state index in [1.54, 1.807) is 72.8 Å². The van der Waals surface area contributed by atoms with Gasteiger partial charge in [0.1, 0.15) is 11.5 Å². The summed E-state index contributed by atoms with van der Waals surface area (Å²) in [6, 6.07) is 20.6. The average molecular weight is 452 g/mol. The van der Waals surface area contributed by atoms with Gasteiger partial charge in [-0.1, -0.05) is 17.7 Å². The van der Waals surface area contributed by atoms with Gasteiger partial charge in [0, 0.05) is 16.3 Å². The first-order valence-corrected chi connectivity index (χ1v) is 10.3. The zero-order chi connectivity index (χ0) is 22.8. The number of nitrogens with one attached hydrogen (secondary N) is 2. The molecule has 0 aromatic heterocycles. The molecule has 8 heteroatoms. The molecule has 7 nitrogen and oxygen atoms in total. The summed E-state index contributed by atoms with van der Waals surface area (Å²) >= 11 is 5.88. The summed E-state index contributed by atoms with van der Waals surface area (Å²) in [5, 5.41) is 7.17. The van der Waals surface area contributed by atoms with Crippen LogP contribution in [0.15, 0.2) is 77.9 Å². The summed E-state index contributed by atoms with van der Waals surface area (Å²) < 4.78 is 10.9. The minimum atomic E-state index is -0.359. The summed E-state index contributed by atoms with van der Waals surface area (Å²) in [4.78, 5) is 24.1. The van der Waals surface area contributed by atoms with E-state index in [-0.39, 0.29) is 18.4 Å². The summed E-state index contributed by atoms with van der Waals surface area (Å²) in [6.45, 7) is 2.37. The lowest BCUT2D eigenvalue weighted by atomic mass is 10.2. The van der Waals surface area contributed by atoms with Crippen molar-refractivity contribution < 1.29 is 19.1 Å². The molecule has 2 amide bonds. The van der Waals surface area contributed by atoms with Crippen molar-refractivity contribution in [2.45, 2.75) is 6.92 Å². The van der Waals surface area contributed by atoms with Crippen molar-refractivity contribution in [1.29, 1.82) is 0 Å². The molecular weight excluding hydrogens is 430 g/mol. The van der Waals surface area contributed by atoms with Crippen LogP contribution in [-0.2, 0) is 4.79 Å². The number of benzene rings is 3. The highest BCUT2D eigenvalue weighted by atomic mass is 35.5. The van der Waals surface area contributed by atoms with Crippen molar-refractivity contribution in [3.63, 3.8) is 0 Å². The van der Waals surface area contributed by atoms with Crippen LogP contribution in [0.25, 0.3) is 0 Å². The first kappa shape index (κ1) is 22.8. The Labute approximate surface area is 191 Å². The normalized spacial score (nSPS) is 10.6. The van der Waals surface area contributed by atoms with Crippen LogP contribution in [0.2, 0.25) is 5.02 Å². The van der Waals surface area contributed by atoms with Crippen LogP contribution in [0.5, 0.6) is 11.5 Å². The molecule has 0 fully saturated rings. The molecule has 3 rings (SSSR count). The number of amides is 2. The molecule has 0 radical (unpaired) electrons. The minimum absolute atomic E-state index is 0.129. The highest BCUT2D eigenvalue weighted by Crippen LogP contribution is 2.16. The van der Waals surface area contributed by atoms with E-state index in [2.05, 4.69) is 15.8 Å². The summed E-state index contributed by atoms with van der Waals surface area (Å²) in [7, 11) is 0. The number of nitrogens with zero attached hydrogens (tertiary/aromatic N) is 1. The maximum absolute atomic E-state index is 12.1. The average Bonchev–Trinajstić information content (AvgIpc) is 2.80. The molecule has 164 valence electrons. The number of anilines is 1. The van der Waals surface area contributed by atoms with Gasteiger partial charge in [0.25, 0.3) is 11.8 Å². The summed E-state index contributed by atoms with van der Waals surface area (Å²) in [5.41, 5.74) is 4.27. The molecular formula is C24H22ClN3O4. The highest BCUT2D eigenvalue weighted by Gasteiger charge is 2.05. The van der Waals surface area contributed by atoms with Crippen molar-refractivity contribution in [2.24, 2.45) is 5.10 Å². The second kappa shape index (κ2) is 11.5. The number of carbonyl (C=O) groups is 2. The van der Waals surface area contributed by atoms with Gasteiger partial charge < -0.3 is 14.8 Å². The van der Waals surface area contributed by atoms with E-state index in [0.717, 1.165) is 11.3 Å². The van der Waals surface area contributed by atoms with Crippen LogP contribution >= 0.6 is 11.6 Å². The maximum atomic E-state index is 12.1. The van der Waals surface area contributed by atoms with Gasteiger partial charge in [-0.15, -0.1) is 0 Å². The fourth-order valence-corrected chi connectivity index (χ4v) is 2.85. The zero-order valence-corrected chi connectivity index (χ0v) is 18.1. The Morgan fingerprint density at radius 1 is 0.969 bits per heavy atom. The molecule has 0 aliphatic rings. The number of carbonyl (C=O) groups excluding carboxylic acids is 2. The predicted octanol–water partition coefficient (Wildman–Crippen LogP) is 4.52. The predicted molar refractivity (Wildman–Crippen MR) is 125 cm³/mol. The van der Waals surface area contributed by atoms with Crippen molar-refractivity contribution in [3.8, 4) is 11.5 Å². The summed E-state index contributed by atoms with van der Waals surface area (Å²) in [6.07, 6.45) is 1.50. The number of hydrogen-bond acceptors (Lipinski definition) is 5. The lowest BCUT2D eigenvalue weighted by molar-refractivity contribution is -0.118. The zero-order valence-electron chi connectivity index (χ0n) is 17.4. The van der Waals surface area contributed by atoms with Crippen LogP contribution in [0.4, 0.5) is 5.69 Å². The Balaban J connectivity index is 1.44. The van der Waals surface area contributed by atoms with E-state index in [1.165, 1.54) is 6.21 Å². The van der Waals surface area contributed by atoms with E-state index >= 15 is 0 Å². The summed E-state index contributed by atoms with van der Waals surface area (Å²) in [5.74, 6) is 0.645. The van der Waals surface area contributed by atoms with Crippen LogP contribution in [0.3, 0.4) is 0 Å². The molecule has 0 bridgehead atoms. The van der Waals surface area contributed by atoms with Crippen LogP contribution in [0.1, 0.15) is 22.8 Å². The van der Waals surface area contributed by atoms with Gasteiger partial charge in [0.2, 0.25) is 0 Å². The van der Waals surface area contributed by atoms with Gasteiger partial charge in [-0.3, -0.25) is 9.59 Å². The van der Waals surface area contributed by atoms with Crippen molar-refractivity contribution in [2.75, 3.05) is 18.5 Å². The SMILES string of the molecule is CCOc1ccc(NC(=O)COc2ccc(/C=N\NC(=O)c3cccc(Cl)c3)cc2)cc1. The number of rotatable bonds is 9. The van der Waals surface area contributed by atoms with Crippen molar-refractivity contribution >= 4 is 35.3 Å². The van der Waals surface area contributed by atoms with Gasteiger partial charge in [-0.05, 0) is 79.2 Å². The molecule has 2 N–H and O–H groups in total. The quantitative estimate of drug-likeness (QED) is 0.370. The first-order chi connectivity index (χ1) is 15.5. The molecule has 0 heterocycles. The third kappa shape index (κ3) is 7.14. The first-order valence-electron chi connectivity index (χ1n) is 9.88. The van der Waals surface area contributed by atoms with E-state index in [1.807, 2.05) is 6.92 Å². The molecule has 3 aromatic carbocycles. The second-order valence-corrected chi connectivity index (χ2v) is 7.01. The Hall–Kier alpha value is -3.84. The van der Waals surface area contributed by atoms with Gasteiger partial charge in [-0.25, -0.2) is 5.43 Å². The van der Waals surface area contributed by atoms with Gasteiger partial charge in [0.15, 0.2) is 6.61 Å². The third-order valence-electron chi connectivity index (χ3n) is 4.17. The minimum Gasteiger partial charge on any atom is -0.494 e. The standard InChI is InChI=1S/C24H22ClN3O4/c1-2-31-21-12-8-20(9-13-21)27-23(29)16-32-22-10-6-17(7-11-22)15-26-28-24(30)18-4-3-5-19(25)14-18/h3-15H,2,16H2,1H3,(H,27,29)(H,28,30)/b26-15-. The number of halogens is 1. The Bertz CT molecular complexity index is 1080. The van der Waals surface area contributed by atoms with Crippen LogP contribution in [0, 0.1) is 0 Å². The van der Waals surface area contributed by atoms with E-state index < -0.39 is 0 Å². The fraction of sp³-hybridized carbons (Fsp3) is 0.125. The van der Waals surface area contributed by atoms with E-state index in [0.29, 0.717) is 28.6 Å². The Kier molecular flexibility index (Phi) is 8.22. The molecule has 0 aliphatic carbocycles. The van der Waals surface area contributed by atoms with E-state index in [4.69, 9.17) is 21.1 Å². The number of hydrogen-bond donors (Lipinski definition) is 2.